The van der Waals surface area contributed by atoms with Gasteiger partial charge in [-0.05, 0) is 30.5 Å². The second-order valence-electron chi connectivity index (χ2n) is 4.73. The maximum Gasteiger partial charge on any atom is 0.0858 e. The fraction of sp³-hybridized carbons (Fsp3) is 0.538. The van der Waals surface area contributed by atoms with Gasteiger partial charge in [-0.1, -0.05) is 40.9 Å². The summed E-state index contributed by atoms with van der Waals surface area (Å²) in [5, 5.41) is 10.5. The highest BCUT2D eigenvalue weighted by atomic mass is 79.9. The summed E-state index contributed by atoms with van der Waals surface area (Å²) in [5.74, 6) is 0. The van der Waals surface area contributed by atoms with Gasteiger partial charge in [-0.25, -0.2) is 0 Å². The number of aliphatic hydroxyl groups excluding tert-OH is 1. The lowest BCUT2D eigenvalue weighted by molar-refractivity contribution is 0.0333. The molecule has 0 heterocycles. The third-order valence-electron chi connectivity index (χ3n) is 3.77. The van der Waals surface area contributed by atoms with E-state index < -0.39 is 6.10 Å². The van der Waals surface area contributed by atoms with Crippen molar-refractivity contribution in [3.8, 4) is 0 Å². The lowest BCUT2D eigenvalue weighted by Gasteiger charge is -2.33. The van der Waals surface area contributed by atoms with E-state index in [-0.39, 0.29) is 5.41 Å². The third-order valence-corrected chi connectivity index (χ3v) is 4.30. The Bertz CT molecular complexity index is 343. The van der Waals surface area contributed by atoms with Crippen LogP contribution in [0.25, 0.3) is 0 Å². The highest BCUT2D eigenvalue weighted by molar-refractivity contribution is 9.10. The van der Waals surface area contributed by atoms with Crippen molar-refractivity contribution in [1.29, 1.82) is 0 Å². The van der Waals surface area contributed by atoms with E-state index in [1.54, 1.807) is 0 Å². The van der Waals surface area contributed by atoms with Gasteiger partial charge in [0.05, 0.1) is 6.10 Å². The first-order valence-corrected chi connectivity index (χ1v) is 6.61. The Balaban J connectivity index is 2.23. The predicted octanol–water partition coefficient (Wildman–Crippen LogP) is 3.00. The van der Waals surface area contributed by atoms with Gasteiger partial charge in [-0.2, -0.15) is 0 Å². The van der Waals surface area contributed by atoms with Gasteiger partial charge >= 0.3 is 0 Å². The molecular formula is C13H18BrNO. The molecule has 1 aliphatic carbocycles. The molecule has 0 amide bonds. The summed E-state index contributed by atoms with van der Waals surface area (Å²) < 4.78 is 1.04. The van der Waals surface area contributed by atoms with Crippen molar-refractivity contribution < 1.29 is 5.11 Å². The lowest BCUT2D eigenvalue weighted by Crippen LogP contribution is -2.34. The lowest BCUT2D eigenvalue weighted by atomic mass is 9.77. The molecule has 16 heavy (non-hydrogen) atoms. The number of aliphatic hydroxyl groups is 1. The molecule has 2 nitrogen and oxygen atoms in total. The average Bonchev–Trinajstić information content (AvgIpc) is 2.79. The Kier molecular flexibility index (Phi) is 3.67. The molecule has 2 rings (SSSR count). The molecule has 0 spiro atoms. The molecule has 1 atom stereocenters. The van der Waals surface area contributed by atoms with Crippen LogP contribution in [0.2, 0.25) is 0 Å². The zero-order valence-electron chi connectivity index (χ0n) is 9.32. The Hall–Kier alpha value is -0.380. The minimum Gasteiger partial charge on any atom is -0.388 e. The molecule has 1 saturated carbocycles. The van der Waals surface area contributed by atoms with E-state index in [9.17, 15) is 5.11 Å². The molecule has 3 heteroatoms. The number of hydrogen-bond acceptors (Lipinski definition) is 2. The molecule has 0 radical (unpaired) electrons. The summed E-state index contributed by atoms with van der Waals surface area (Å²) in [6.45, 7) is 0.574. The van der Waals surface area contributed by atoms with Crippen LogP contribution in [-0.2, 0) is 0 Å². The van der Waals surface area contributed by atoms with Gasteiger partial charge in [-0.3, -0.25) is 0 Å². The standard InChI is InChI=1S/C13H18BrNO/c14-11-5-3-10(4-6-11)12(16)13(9-15)7-1-2-8-13/h3-6,12,16H,1-2,7-9,15H2. The van der Waals surface area contributed by atoms with E-state index in [4.69, 9.17) is 5.73 Å². The highest BCUT2D eigenvalue weighted by Crippen LogP contribution is 2.46. The fourth-order valence-corrected chi connectivity index (χ4v) is 2.93. The first-order chi connectivity index (χ1) is 7.68. The minimum atomic E-state index is -0.423. The van der Waals surface area contributed by atoms with Gasteiger partial charge in [0.25, 0.3) is 0 Å². The second-order valence-corrected chi connectivity index (χ2v) is 5.64. The highest BCUT2D eigenvalue weighted by Gasteiger charge is 2.39. The van der Waals surface area contributed by atoms with Crippen LogP contribution >= 0.6 is 15.9 Å². The first kappa shape index (κ1) is 12.1. The van der Waals surface area contributed by atoms with E-state index in [1.165, 1.54) is 12.8 Å². The summed E-state index contributed by atoms with van der Waals surface area (Å²) in [6, 6.07) is 7.89. The third kappa shape index (κ3) is 2.17. The first-order valence-electron chi connectivity index (χ1n) is 5.81. The van der Waals surface area contributed by atoms with Crippen LogP contribution in [0, 0.1) is 5.41 Å². The van der Waals surface area contributed by atoms with Crippen LogP contribution in [0.3, 0.4) is 0 Å². The summed E-state index contributed by atoms with van der Waals surface area (Å²) in [6.07, 6.45) is 4.03. The zero-order valence-corrected chi connectivity index (χ0v) is 10.9. The molecule has 1 aliphatic rings. The van der Waals surface area contributed by atoms with Crippen LogP contribution in [0.15, 0.2) is 28.7 Å². The number of benzene rings is 1. The van der Waals surface area contributed by atoms with Gasteiger partial charge in [0.15, 0.2) is 0 Å². The number of rotatable bonds is 3. The Labute approximate surface area is 105 Å². The molecule has 3 N–H and O–H groups in total. The van der Waals surface area contributed by atoms with E-state index in [0.29, 0.717) is 6.54 Å². The Morgan fingerprint density at radius 3 is 2.31 bits per heavy atom. The second kappa shape index (κ2) is 4.86. The van der Waals surface area contributed by atoms with Crippen molar-refractivity contribution in [1.82, 2.24) is 0 Å². The topological polar surface area (TPSA) is 46.2 Å². The van der Waals surface area contributed by atoms with Crippen molar-refractivity contribution in [3.63, 3.8) is 0 Å². The molecule has 0 aliphatic heterocycles. The molecule has 0 bridgehead atoms. The number of hydrogen-bond donors (Lipinski definition) is 2. The maximum absolute atomic E-state index is 10.5. The molecule has 0 saturated heterocycles. The maximum atomic E-state index is 10.5. The van der Waals surface area contributed by atoms with Crippen LogP contribution in [0.4, 0.5) is 0 Å². The average molecular weight is 284 g/mol. The van der Waals surface area contributed by atoms with Gasteiger partial charge in [0.1, 0.15) is 0 Å². The van der Waals surface area contributed by atoms with Crippen LogP contribution in [-0.4, -0.2) is 11.7 Å². The van der Waals surface area contributed by atoms with Crippen molar-refractivity contribution in [3.05, 3.63) is 34.3 Å². The summed E-state index contributed by atoms with van der Waals surface area (Å²) in [7, 11) is 0. The van der Waals surface area contributed by atoms with E-state index >= 15 is 0 Å². The van der Waals surface area contributed by atoms with Crippen LogP contribution < -0.4 is 5.73 Å². The van der Waals surface area contributed by atoms with E-state index in [0.717, 1.165) is 22.9 Å². The smallest absolute Gasteiger partial charge is 0.0858 e. The van der Waals surface area contributed by atoms with Gasteiger partial charge in [0, 0.05) is 16.4 Å². The predicted molar refractivity (Wildman–Crippen MR) is 69.1 cm³/mol. The molecule has 88 valence electrons. The monoisotopic (exact) mass is 283 g/mol. The summed E-state index contributed by atoms with van der Waals surface area (Å²) >= 11 is 3.40. The number of halogens is 1. The summed E-state index contributed by atoms with van der Waals surface area (Å²) in [4.78, 5) is 0. The van der Waals surface area contributed by atoms with Crippen molar-refractivity contribution in [2.45, 2.75) is 31.8 Å². The zero-order chi connectivity index (χ0) is 11.6. The van der Waals surface area contributed by atoms with Gasteiger partial charge in [0.2, 0.25) is 0 Å². The molecule has 1 unspecified atom stereocenters. The molecule has 0 aromatic heterocycles. The SMILES string of the molecule is NCC1(C(O)c2ccc(Br)cc2)CCCC1. The van der Waals surface area contributed by atoms with Crippen molar-refractivity contribution in [2.24, 2.45) is 11.1 Å². The molecule has 1 aromatic carbocycles. The number of nitrogens with two attached hydrogens (primary N) is 1. The van der Waals surface area contributed by atoms with Crippen LogP contribution in [0.1, 0.15) is 37.4 Å². The summed E-state index contributed by atoms with van der Waals surface area (Å²) in [5.41, 5.74) is 6.76. The normalized spacial score (nSPS) is 20.9. The van der Waals surface area contributed by atoms with Crippen molar-refractivity contribution in [2.75, 3.05) is 6.54 Å². The Morgan fingerprint density at radius 2 is 1.81 bits per heavy atom. The van der Waals surface area contributed by atoms with E-state index in [2.05, 4.69) is 15.9 Å². The quantitative estimate of drug-likeness (QED) is 0.896. The Morgan fingerprint density at radius 1 is 1.25 bits per heavy atom. The van der Waals surface area contributed by atoms with Crippen LogP contribution in [0.5, 0.6) is 0 Å². The largest absolute Gasteiger partial charge is 0.388 e. The fourth-order valence-electron chi connectivity index (χ4n) is 2.67. The van der Waals surface area contributed by atoms with Crippen molar-refractivity contribution >= 4 is 15.9 Å². The van der Waals surface area contributed by atoms with Gasteiger partial charge < -0.3 is 10.8 Å². The van der Waals surface area contributed by atoms with E-state index in [1.807, 2.05) is 24.3 Å². The molecule has 1 aromatic rings. The molecular weight excluding hydrogens is 266 g/mol. The molecule has 1 fully saturated rings. The van der Waals surface area contributed by atoms with Gasteiger partial charge in [-0.15, -0.1) is 0 Å². The minimum absolute atomic E-state index is 0.0895.